The zero-order chi connectivity index (χ0) is 34.4. The van der Waals surface area contributed by atoms with Gasteiger partial charge in [0, 0.05) is 28.8 Å². The quantitative estimate of drug-likeness (QED) is 0.115. The summed E-state index contributed by atoms with van der Waals surface area (Å²) in [7, 11) is 0. The number of benzene rings is 4. The molecule has 0 saturated carbocycles. The summed E-state index contributed by atoms with van der Waals surface area (Å²) in [5.74, 6) is 2.59. The first-order valence-corrected chi connectivity index (χ1v) is 17.4. The van der Waals surface area contributed by atoms with Crippen LogP contribution in [0.25, 0.3) is 44.4 Å². The van der Waals surface area contributed by atoms with Gasteiger partial charge in [-0.1, -0.05) is 109 Å². The van der Waals surface area contributed by atoms with Crippen LogP contribution in [-0.4, -0.2) is 19.3 Å². The van der Waals surface area contributed by atoms with Gasteiger partial charge in [0.25, 0.3) is 0 Å². The Morgan fingerprint density at radius 1 is 0.780 bits per heavy atom. The van der Waals surface area contributed by atoms with Crippen molar-refractivity contribution in [1.29, 1.82) is 0 Å². The SMILES string of the molecule is CCc1ccnc(-n2c3[c-]c(Oc4[c-]c(-n5nc(C(C)C)c(-c6ccccc6)c5C(C)C)cc(C(C)(C)C)c4)ccc3c3ccccc32)c1.[Pd+2]. The normalized spacial score (nSPS) is 11.9. The summed E-state index contributed by atoms with van der Waals surface area (Å²) < 4.78 is 11.0. The maximum atomic E-state index is 6.70. The third-order valence-electron chi connectivity index (χ3n) is 9.25. The number of hydrogen-bond donors (Lipinski definition) is 0. The molecule has 3 aromatic heterocycles. The molecule has 50 heavy (non-hydrogen) atoms. The third-order valence-corrected chi connectivity index (χ3v) is 9.25. The number of rotatable bonds is 8. The molecule has 3 heterocycles. The van der Waals surface area contributed by atoms with E-state index in [1.165, 1.54) is 22.4 Å². The molecular weight excluding hydrogens is 707 g/mol. The van der Waals surface area contributed by atoms with Gasteiger partial charge in [0.15, 0.2) is 0 Å². The van der Waals surface area contributed by atoms with Crippen molar-refractivity contribution < 1.29 is 25.2 Å². The molecule has 0 unspecified atom stereocenters. The van der Waals surface area contributed by atoms with Crippen LogP contribution in [0.2, 0.25) is 0 Å². The van der Waals surface area contributed by atoms with E-state index in [4.69, 9.17) is 14.8 Å². The van der Waals surface area contributed by atoms with Gasteiger partial charge in [-0.05, 0) is 64.1 Å². The Kier molecular flexibility index (Phi) is 9.91. The van der Waals surface area contributed by atoms with Gasteiger partial charge in [-0.3, -0.25) is 4.68 Å². The predicted molar refractivity (Wildman–Crippen MR) is 202 cm³/mol. The topological polar surface area (TPSA) is 44.9 Å². The average molecular weight is 751 g/mol. The number of ether oxygens (including phenoxy) is 1. The predicted octanol–water partition coefficient (Wildman–Crippen LogP) is 11.5. The number of hydrogen-bond acceptors (Lipinski definition) is 3. The first-order chi connectivity index (χ1) is 23.5. The molecule has 7 aromatic rings. The summed E-state index contributed by atoms with van der Waals surface area (Å²) in [5.41, 5.74) is 9.76. The number of para-hydroxylation sites is 1. The molecule has 0 saturated heterocycles. The van der Waals surface area contributed by atoms with Crippen LogP contribution in [0.15, 0.2) is 97.2 Å². The Hall–Kier alpha value is -4.50. The maximum Gasteiger partial charge on any atom is 2.00 e. The van der Waals surface area contributed by atoms with Crippen molar-refractivity contribution in [2.45, 2.75) is 79.1 Å². The molecule has 0 fully saturated rings. The molecule has 0 amide bonds. The van der Waals surface area contributed by atoms with Gasteiger partial charge in [0.05, 0.1) is 11.4 Å². The van der Waals surface area contributed by atoms with E-state index in [1.807, 2.05) is 12.3 Å². The van der Waals surface area contributed by atoms with Crippen molar-refractivity contribution in [2.24, 2.45) is 0 Å². The Morgan fingerprint density at radius 2 is 1.52 bits per heavy atom. The molecule has 0 atom stereocenters. The molecule has 0 bridgehead atoms. The second-order valence-corrected chi connectivity index (χ2v) is 14.5. The number of pyridine rings is 1. The van der Waals surface area contributed by atoms with Gasteiger partial charge in [-0.25, -0.2) is 4.98 Å². The van der Waals surface area contributed by atoms with E-state index in [2.05, 4.69) is 162 Å². The summed E-state index contributed by atoms with van der Waals surface area (Å²) in [6.45, 7) is 17.8. The van der Waals surface area contributed by atoms with Crippen LogP contribution in [0, 0.1) is 12.1 Å². The molecule has 5 nitrogen and oxygen atoms in total. The summed E-state index contributed by atoms with van der Waals surface area (Å²) in [6.07, 6.45) is 2.82. The van der Waals surface area contributed by atoms with Crippen molar-refractivity contribution >= 4 is 21.8 Å². The zero-order valence-corrected chi connectivity index (χ0v) is 31.7. The van der Waals surface area contributed by atoms with Gasteiger partial charge >= 0.3 is 20.4 Å². The molecule has 0 N–H and O–H groups in total. The molecule has 7 rings (SSSR count). The molecular formula is C44H44N4OPd. The largest absolute Gasteiger partial charge is 2.00 e. The standard InChI is InChI=1S/C44H44N4O.Pd/c1-9-30-21-22-45-40(23-30)47-38-18-14-13-17-36(38)37-20-19-34(27-39(37)47)49-35-25-32(44(6,7)8)24-33(26-35)48-43(29(4)5)41(42(46-48)28(2)3)31-15-11-10-12-16-31;/h10-25,28-29H,9H2,1-8H3;/q-2;+2. The number of nitrogens with zero attached hydrogens (tertiary/aromatic N) is 4. The fourth-order valence-corrected chi connectivity index (χ4v) is 6.69. The third kappa shape index (κ3) is 6.55. The first-order valence-electron chi connectivity index (χ1n) is 17.4. The van der Waals surface area contributed by atoms with Gasteiger partial charge < -0.3 is 9.30 Å². The molecule has 0 spiro atoms. The van der Waals surface area contributed by atoms with E-state index in [9.17, 15) is 0 Å². The van der Waals surface area contributed by atoms with E-state index in [-0.39, 0.29) is 37.7 Å². The number of aromatic nitrogens is 4. The second kappa shape index (κ2) is 14.0. The first kappa shape index (κ1) is 35.3. The molecule has 6 heteroatoms. The Bertz CT molecular complexity index is 2290. The van der Waals surface area contributed by atoms with Crippen LogP contribution in [0.1, 0.15) is 89.7 Å². The maximum absolute atomic E-state index is 6.70. The van der Waals surface area contributed by atoms with Crippen LogP contribution in [0.3, 0.4) is 0 Å². The van der Waals surface area contributed by atoms with E-state index in [0.29, 0.717) is 11.5 Å². The van der Waals surface area contributed by atoms with E-state index < -0.39 is 0 Å². The van der Waals surface area contributed by atoms with Crippen molar-refractivity contribution in [3.8, 4) is 34.1 Å². The van der Waals surface area contributed by atoms with Gasteiger partial charge in [0.1, 0.15) is 5.82 Å². The van der Waals surface area contributed by atoms with Crippen LogP contribution >= 0.6 is 0 Å². The number of aryl methyl sites for hydroxylation is 1. The number of fused-ring (bicyclic) bond motifs is 3. The minimum atomic E-state index is -0.133. The Morgan fingerprint density at radius 3 is 2.22 bits per heavy atom. The fourth-order valence-electron chi connectivity index (χ4n) is 6.69. The van der Waals surface area contributed by atoms with Crippen LogP contribution in [0.4, 0.5) is 0 Å². The van der Waals surface area contributed by atoms with Gasteiger partial charge in [0.2, 0.25) is 0 Å². The minimum Gasteiger partial charge on any atom is -0.509 e. The molecule has 0 aliphatic carbocycles. The molecule has 0 aliphatic heterocycles. The van der Waals surface area contributed by atoms with Crippen molar-refractivity contribution in [2.75, 3.05) is 0 Å². The zero-order valence-electron chi connectivity index (χ0n) is 30.1. The summed E-state index contributed by atoms with van der Waals surface area (Å²) in [4.78, 5) is 4.78. The molecule has 4 aromatic carbocycles. The summed E-state index contributed by atoms with van der Waals surface area (Å²) in [5, 5.41) is 7.54. The monoisotopic (exact) mass is 750 g/mol. The van der Waals surface area contributed by atoms with Gasteiger partial charge in [-0.15, -0.1) is 41.3 Å². The van der Waals surface area contributed by atoms with Gasteiger partial charge in [-0.2, -0.15) is 11.2 Å². The van der Waals surface area contributed by atoms with Crippen molar-refractivity contribution in [1.82, 2.24) is 19.3 Å². The fraction of sp³-hybridized carbons (Fsp3) is 0.273. The van der Waals surface area contributed by atoms with E-state index in [0.717, 1.165) is 51.0 Å². The van der Waals surface area contributed by atoms with E-state index in [1.54, 1.807) is 0 Å². The van der Waals surface area contributed by atoms with Crippen LogP contribution < -0.4 is 4.74 Å². The van der Waals surface area contributed by atoms with Crippen molar-refractivity contribution in [3.05, 3.63) is 132 Å². The summed E-state index contributed by atoms with van der Waals surface area (Å²) in [6, 6.07) is 39.0. The van der Waals surface area contributed by atoms with E-state index >= 15 is 0 Å². The Labute approximate surface area is 310 Å². The molecule has 0 aliphatic rings. The minimum absolute atomic E-state index is 0. The van der Waals surface area contributed by atoms with Crippen LogP contribution in [0.5, 0.6) is 11.5 Å². The smallest absolute Gasteiger partial charge is 0.509 e. The second-order valence-electron chi connectivity index (χ2n) is 14.5. The molecule has 256 valence electrons. The summed E-state index contributed by atoms with van der Waals surface area (Å²) >= 11 is 0. The Balaban J connectivity index is 0.00000432. The average Bonchev–Trinajstić information content (AvgIpc) is 3.65. The van der Waals surface area contributed by atoms with Crippen LogP contribution in [-0.2, 0) is 32.3 Å². The van der Waals surface area contributed by atoms with Crippen molar-refractivity contribution in [3.63, 3.8) is 0 Å². The molecule has 0 radical (unpaired) electrons.